The zero-order valence-electron chi connectivity index (χ0n) is 45.9. The zero-order chi connectivity index (χ0) is 52.2. The summed E-state index contributed by atoms with van der Waals surface area (Å²) < 4.78 is 0. The van der Waals surface area contributed by atoms with Crippen LogP contribution < -0.4 is 31.1 Å². The zero-order valence-corrected chi connectivity index (χ0v) is 45.9. The van der Waals surface area contributed by atoms with Gasteiger partial charge in [-0.2, -0.15) is 0 Å². The van der Waals surface area contributed by atoms with Crippen molar-refractivity contribution in [3.8, 4) is 22.3 Å². The van der Waals surface area contributed by atoms with Gasteiger partial charge in [-0.1, -0.05) is 203 Å². The molecule has 0 radical (unpaired) electrons. The van der Waals surface area contributed by atoms with E-state index in [1.165, 1.54) is 101 Å². The van der Waals surface area contributed by atoms with Crippen molar-refractivity contribution >= 4 is 74.3 Å². The summed E-state index contributed by atoms with van der Waals surface area (Å²) in [6.07, 6.45) is 2.27. The quantitative estimate of drug-likeness (QED) is 0.147. The van der Waals surface area contributed by atoms with Crippen molar-refractivity contribution in [2.24, 2.45) is 0 Å². The molecule has 3 nitrogen and oxygen atoms in total. The highest BCUT2D eigenvalue weighted by Gasteiger charge is 2.47. The fraction of sp³-hybridized carbons (Fsp3) is 0.239. The fourth-order valence-corrected chi connectivity index (χ4v) is 12.5. The molecule has 0 amide bonds. The number of hydrogen-bond acceptors (Lipinski definition) is 3. The largest absolute Gasteiger partial charge is 0.311 e. The van der Waals surface area contributed by atoms with E-state index < -0.39 is 0 Å². The second-order valence-electron chi connectivity index (χ2n) is 25.0. The molecule has 0 atom stereocenters. The van der Waals surface area contributed by atoms with Crippen molar-refractivity contribution in [3.63, 3.8) is 0 Å². The molecule has 0 aromatic heterocycles. The number of benzene rings is 9. The Bertz CT molecular complexity index is 3600. The average molecular weight is 976 g/mol. The molecule has 4 heteroatoms. The molecule has 2 heterocycles. The summed E-state index contributed by atoms with van der Waals surface area (Å²) in [5.74, 6) is 0. The highest BCUT2D eigenvalue weighted by Crippen LogP contribution is 2.54. The maximum Gasteiger partial charge on any atom is 0.252 e. The van der Waals surface area contributed by atoms with E-state index in [1.807, 2.05) is 0 Å². The monoisotopic (exact) mass is 976 g/mol. The van der Waals surface area contributed by atoms with Crippen LogP contribution in [0.2, 0.25) is 0 Å². The second-order valence-corrected chi connectivity index (χ2v) is 25.0. The van der Waals surface area contributed by atoms with Crippen LogP contribution in [0.15, 0.2) is 200 Å². The Morgan fingerprint density at radius 1 is 0.400 bits per heavy atom. The van der Waals surface area contributed by atoms with E-state index in [4.69, 9.17) is 0 Å². The van der Waals surface area contributed by atoms with E-state index in [0.29, 0.717) is 0 Å². The van der Waals surface area contributed by atoms with Crippen LogP contribution in [0.4, 0.5) is 51.2 Å². The lowest BCUT2D eigenvalue weighted by Gasteiger charge is -2.48. The molecular weight excluding hydrogens is 906 g/mol. The highest BCUT2D eigenvalue weighted by atomic mass is 15.2. The van der Waals surface area contributed by atoms with Crippen LogP contribution in [0.5, 0.6) is 0 Å². The molecule has 0 fully saturated rings. The van der Waals surface area contributed by atoms with Gasteiger partial charge in [0.05, 0.1) is 11.4 Å². The third kappa shape index (κ3) is 8.29. The Balaban J connectivity index is 1.27. The number of para-hydroxylation sites is 2. The first-order chi connectivity index (χ1) is 35.9. The van der Waals surface area contributed by atoms with E-state index in [9.17, 15) is 0 Å². The average Bonchev–Trinajstić information content (AvgIpc) is 3.40. The predicted molar refractivity (Wildman–Crippen MR) is 323 cm³/mol. The Kier molecular flexibility index (Phi) is 11.5. The Morgan fingerprint density at radius 3 is 1.41 bits per heavy atom. The number of aryl methyl sites for hydroxylation is 1. The summed E-state index contributed by atoms with van der Waals surface area (Å²) in [5, 5.41) is 0. The standard InChI is InChI=1S/C71H70BN3/c1-47-40-51(68(2,3)4)33-36-61(47)74-63-35-32-50(48-24-16-12-17-25-48)41-59(63)72-60-45-57-58(71(10,11)39-38-70(57,8)9)46-64(60)75(62-37-34-52(69(5,6)7)42-56(62)49-26-18-13-19-27-49)66-44-55(43-65(74)67(66)72)73(53-28-20-14-21-29-53)54-30-22-15-23-31-54/h12-37,40-46H,38-39H2,1-11H3. The molecule has 9 aromatic rings. The van der Waals surface area contributed by atoms with Crippen LogP contribution in [0.1, 0.15) is 110 Å². The third-order valence-corrected chi connectivity index (χ3v) is 16.9. The van der Waals surface area contributed by atoms with E-state index in [1.54, 1.807) is 0 Å². The first kappa shape index (κ1) is 48.4. The number of fused-ring (bicyclic) bond motifs is 5. The maximum atomic E-state index is 2.69. The fourth-order valence-electron chi connectivity index (χ4n) is 12.5. The van der Waals surface area contributed by atoms with Gasteiger partial charge in [-0.05, 0) is 169 Å². The van der Waals surface area contributed by atoms with Crippen LogP contribution in [-0.2, 0) is 21.7 Å². The lowest BCUT2D eigenvalue weighted by Crippen LogP contribution is -2.62. The van der Waals surface area contributed by atoms with Gasteiger partial charge in [-0.15, -0.1) is 0 Å². The van der Waals surface area contributed by atoms with Crippen molar-refractivity contribution < 1.29 is 0 Å². The van der Waals surface area contributed by atoms with Crippen LogP contribution in [0.3, 0.4) is 0 Å². The van der Waals surface area contributed by atoms with E-state index in [-0.39, 0.29) is 28.4 Å². The molecular formula is C71H70BN3. The van der Waals surface area contributed by atoms with Gasteiger partial charge in [-0.25, -0.2) is 0 Å². The van der Waals surface area contributed by atoms with Gasteiger partial charge in [0.15, 0.2) is 0 Å². The maximum absolute atomic E-state index is 2.69. The number of rotatable bonds is 7. The first-order valence-electron chi connectivity index (χ1n) is 27.3. The van der Waals surface area contributed by atoms with Crippen molar-refractivity contribution in [2.45, 2.75) is 111 Å². The van der Waals surface area contributed by atoms with Crippen LogP contribution in [-0.4, -0.2) is 6.71 Å². The van der Waals surface area contributed by atoms with Crippen molar-refractivity contribution in [1.29, 1.82) is 0 Å². The Morgan fingerprint density at radius 2 is 0.867 bits per heavy atom. The van der Waals surface area contributed by atoms with E-state index in [0.717, 1.165) is 29.9 Å². The summed E-state index contributed by atoms with van der Waals surface area (Å²) in [7, 11) is 0. The third-order valence-electron chi connectivity index (χ3n) is 16.9. The van der Waals surface area contributed by atoms with Gasteiger partial charge in [0, 0.05) is 45.4 Å². The van der Waals surface area contributed by atoms with Crippen molar-refractivity contribution in [3.05, 3.63) is 228 Å². The number of hydrogen-bond donors (Lipinski definition) is 0. The summed E-state index contributed by atoms with van der Waals surface area (Å²) in [6.45, 7) is 26.1. The minimum absolute atomic E-state index is 0.00552. The van der Waals surface area contributed by atoms with Gasteiger partial charge in [0.1, 0.15) is 0 Å². The van der Waals surface area contributed by atoms with E-state index >= 15 is 0 Å². The van der Waals surface area contributed by atoms with Crippen molar-refractivity contribution in [2.75, 3.05) is 14.7 Å². The molecule has 0 saturated carbocycles. The normalized spacial score (nSPS) is 15.2. The van der Waals surface area contributed by atoms with E-state index in [2.05, 4.69) is 291 Å². The molecule has 0 unspecified atom stereocenters. The van der Waals surface area contributed by atoms with Gasteiger partial charge < -0.3 is 14.7 Å². The minimum Gasteiger partial charge on any atom is -0.311 e. The van der Waals surface area contributed by atoms with Crippen LogP contribution in [0.25, 0.3) is 22.3 Å². The van der Waals surface area contributed by atoms with Gasteiger partial charge in [0.2, 0.25) is 0 Å². The number of anilines is 9. The van der Waals surface area contributed by atoms with Gasteiger partial charge in [-0.3, -0.25) is 0 Å². The molecule has 1 aliphatic carbocycles. The predicted octanol–water partition coefficient (Wildman–Crippen LogP) is 17.8. The molecule has 9 aromatic carbocycles. The molecule has 75 heavy (non-hydrogen) atoms. The Labute approximate surface area is 447 Å². The van der Waals surface area contributed by atoms with Gasteiger partial charge >= 0.3 is 0 Å². The topological polar surface area (TPSA) is 9.72 Å². The molecule has 0 bridgehead atoms. The summed E-state index contributed by atoms with van der Waals surface area (Å²) >= 11 is 0. The molecule has 12 rings (SSSR count). The Hall–Kier alpha value is -7.56. The second kappa shape index (κ2) is 17.8. The first-order valence-corrected chi connectivity index (χ1v) is 27.3. The summed E-state index contributed by atoms with van der Waals surface area (Å²) in [5.41, 5.74) is 26.1. The molecule has 3 aliphatic rings. The molecule has 0 N–H and O–H groups in total. The molecule has 0 saturated heterocycles. The van der Waals surface area contributed by atoms with Crippen LogP contribution in [0, 0.1) is 6.92 Å². The van der Waals surface area contributed by atoms with Crippen molar-refractivity contribution in [1.82, 2.24) is 0 Å². The lowest BCUT2D eigenvalue weighted by molar-refractivity contribution is 0.332. The smallest absolute Gasteiger partial charge is 0.252 e. The molecule has 372 valence electrons. The lowest BCUT2D eigenvalue weighted by atomic mass is 9.33. The summed E-state index contributed by atoms with van der Waals surface area (Å²) in [4.78, 5) is 7.77. The highest BCUT2D eigenvalue weighted by molar-refractivity contribution is 7.00. The summed E-state index contributed by atoms with van der Waals surface area (Å²) in [6, 6.07) is 76.1. The van der Waals surface area contributed by atoms with Gasteiger partial charge in [0.25, 0.3) is 6.71 Å². The van der Waals surface area contributed by atoms with Crippen LogP contribution >= 0.6 is 0 Å². The SMILES string of the molecule is Cc1cc(C(C)(C)C)ccc1N1c2ccc(-c3ccccc3)cc2B2c3cc4c(cc3N(c3ccc(C(C)(C)C)cc3-c3ccccc3)c3cc(N(c5ccccc5)c5ccccc5)cc1c32)C(C)(C)CCC4(C)C. The molecule has 2 aliphatic heterocycles. The molecule has 0 spiro atoms. The number of nitrogens with zero attached hydrogens (tertiary/aromatic N) is 3. The minimum atomic E-state index is -0.0820.